The summed E-state index contributed by atoms with van der Waals surface area (Å²) in [5, 5.41) is 0. The smallest absolute Gasteiger partial charge is 0.488 e. The fourth-order valence-electron chi connectivity index (χ4n) is 1.99. The predicted molar refractivity (Wildman–Crippen MR) is 75.3 cm³/mol. The number of ether oxygens (including phenoxy) is 2. The Hall–Kier alpha value is -1.43. The number of nitrogens with two attached hydrogens (primary N) is 1. The normalized spacial score (nSPS) is 15.4. The monoisotopic (exact) mass is 305 g/mol. The molecule has 0 radical (unpaired) electrons. The lowest BCUT2D eigenvalue weighted by Gasteiger charge is -2.35. The molecule has 0 fully saturated rings. The molecule has 2 atom stereocenters. The first-order valence-corrected chi connectivity index (χ1v) is 6.81. The van der Waals surface area contributed by atoms with Gasteiger partial charge in [-0.05, 0) is 30.7 Å². The van der Waals surface area contributed by atoms with Gasteiger partial charge in [-0.3, -0.25) is 0 Å². The van der Waals surface area contributed by atoms with E-state index < -0.39 is 6.36 Å². The van der Waals surface area contributed by atoms with Crippen molar-refractivity contribution in [3.63, 3.8) is 0 Å². The molecule has 0 aliphatic carbocycles. The van der Waals surface area contributed by atoms with Gasteiger partial charge in [-0.1, -0.05) is 27.7 Å². The van der Waals surface area contributed by atoms with E-state index in [9.17, 15) is 13.2 Å². The summed E-state index contributed by atoms with van der Waals surface area (Å²) in [7, 11) is 0. The van der Waals surface area contributed by atoms with Crippen molar-refractivity contribution in [1.82, 2.24) is 0 Å². The quantitative estimate of drug-likeness (QED) is 0.890. The summed E-state index contributed by atoms with van der Waals surface area (Å²) >= 11 is 0. The van der Waals surface area contributed by atoms with Crippen LogP contribution in [0, 0.1) is 5.41 Å². The molecular formula is C15H22F3NO2. The van der Waals surface area contributed by atoms with Gasteiger partial charge in [0.25, 0.3) is 0 Å². The van der Waals surface area contributed by atoms with Gasteiger partial charge in [-0.2, -0.15) is 0 Å². The Morgan fingerprint density at radius 1 is 1.05 bits per heavy atom. The van der Waals surface area contributed by atoms with Crippen molar-refractivity contribution in [2.45, 2.75) is 52.6 Å². The predicted octanol–water partition coefficient (Wildman–Crippen LogP) is 4.12. The Bertz CT molecular complexity index is 438. The second-order valence-electron chi connectivity index (χ2n) is 6.00. The van der Waals surface area contributed by atoms with Crippen molar-refractivity contribution < 1.29 is 22.6 Å². The van der Waals surface area contributed by atoms with Crippen LogP contribution < -0.4 is 15.2 Å². The number of rotatable bonds is 5. The molecule has 3 nitrogen and oxygen atoms in total. The van der Waals surface area contributed by atoms with E-state index >= 15 is 0 Å². The van der Waals surface area contributed by atoms with Crippen LogP contribution >= 0.6 is 0 Å². The minimum Gasteiger partial charge on any atom is -0.488 e. The highest BCUT2D eigenvalue weighted by molar-refractivity contribution is 5.31. The molecule has 0 aliphatic rings. The van der Waals surface area contributed by atoms with Crippen molar-refractivity contribution in [3.8, 4) is 11.5 Å². The maximum absolute atomic E-state index is 12.1. The lowest BCUT2D eigenvalue weighted by atomic mass is 9.84. The minimum atomic E-state index is -4.69. The van der Waals surface area contributed by atoms with E-state index in [4.69, 9.17) is 10.5 Å². The maximum atomic E-state index is 12.1. The van der Waals surface area contributed by atoms with Crippen LogP contribution in [0.4, 0.5) is 13.2 Å². The Kier molecular flexibility index (Phi) is 5.50. The molecule has 0 saturated heterocycles. The van der Waals surface area contributed by atoms with Gasteiger partial charge in [-0.15, -0.1) is 13.2 Å². The molecule has 0 aromatic heterocycles. The third-order valence-corrected chi connectivity index (χ3v) is 3.03. The molecular weight excluding hydrogens is 283 g/mol. The zero-order valence-corrected chi connectivity index (χ0v) is 12.7. The lowest BCUT2D eigenvalue weighted by molar-refractivity contribution is -0.274. The molecule has 0 heterocycles. The number of alkyl halides is 3. The fourth-order valence-corrected chi connectivity index (χ4v) is 1.99. The van der Waals surface area contributed by atoms with Crippen LogP contribution in [0.1, 0.15) is 34.1 Å². The molecule has 21 heavy (non-hydrogen) atoms. The second kappa shape index (κ2) is 6.56. The highest BCUT2D eigenvalue weighted by Gasteiger charge is 2.32. The molecule has 120 valence electrons. The highest BCUT2D eigenvalue weighted by Crippen LogP contribution is 2.29. The zero-order valence-electron chi connectivity index (χ0n) is 12.7. The Morgan fingerprint density at radius 3 is 1.90 bits per heavy atom. The van der Waals surface area contributed by atoms with Crippen LogP contribution in [-0.4, -0.2) is 18.5 Å². The van der Waals surface area contributed by atoms with Crippen molar-refractivity contribution >= 4 is 0 Å². The summed E-state index contributed by atoms with van der Waals surface area (Å²) in [6.45, 7) is 7.99. The van der Waals surface area contributed by atoms with Gasteiger partial charge in [0.15, 0.2) is 0 Å². The van der Waals surface area contributed by atoms with E-state index in [1.54, 1.807) is 0 Å². The van der Waals surface area contributed by atoms with Gasteiger partial charge >= 0.3 is 6.36 Å². The van der Waals surface area contributed by atoms with Gasteiger partial charge in [0.1, 0.15) is 17.6 Å². The van der Waals surface area contributed by atoms with E-state index in [1.807, 2.05) is 27.7 Å². The van der Waals surface area contributed by atoms with Gasteiger partial charge < -0.3 is 15.2 Å². The summed E-state index contributed by atoms with van der Waals surface area (Å²) in [6.07, 6.45) is -4.19. The van der Waals surface area contributed by atoms with Crippen LogP contribution in [-0.2, 0) is 0 Å². The summed E-state index contributed by atoms with van der Waals surface area (Å²) < 4.78 is 45.9. The first kappa shape index (κ1) is 17.6. The summed E-state index contributed by atoms with van der Waals surface area (Å²) in [6, 6.07) is 5.18. The van der Waals surface area contributed by atoms with Crippen LogP contribution in [0.25, 0.3) is 0 Å². The van der Waals surface area contributed by atoms with Crippen LogP contribution in [0.5, 0.6) is 11.5 Å². The van der Waals surface area contributed by atoms with Crippen molar-refractivity contribution in [2.75, 3.05) is 0 Å². The average Bonchev–Trinajstić information content (AvgIpc) is 2.33. The van der Waals surface area contributed by atoms with Crippen LogP contribution in [0.2, 0.25) is 0 Å². The molecule has 1 rings (SSSR count). The topological polar surface area (TPSA) is 44.5 Å². The van der Waals surface area contributed by atoms with E-state index in [0.717, 1.165) is 6.42 Å². The van der Waals surface area contributed by atoms with E-state index in [0.29, 0.717) is 5.75 Å². The minimum absolute atomic E-state index is 0.156. The number of hydrogen-bond donors (Lipinski definition) is 1. The largest absolute Gasteiger partial charge is 0.573 e. The van der Waals surface area contributed by atoms with E-state index in [1.165, 1.54) is 24.3 Å². The number of benzene rings is 1. The second-order valence-corrected chi connectivity index (χ2v) is 6.00. The summed E-state index contributed by atoms with van der Waals surface area (Å²) in [5.74, 6) is 0.190. The number of halogens is 3. The van der Waals surface area contributed by atoms with Crippen LogP contribution in [0.15, 0.2) is 24.3 Å². The molecule has 2 unspecified atom stereocenters. The molecule has 0 saturated carbocycles. The molecule has 0 amide bonds. The van der Waals surface area contributed by atoms with Crippen molar-refractivity contribution in [2.24, 2.45) is 11.1 Å². The molecule has 2 N–H and O–H groups in total. The molecule has 0 bridgehead atoms. The molecule has 1 aromatic carbocycles. The highest BCUT2D eigenvalue weighted by atomic mass is 19.4. The zero-order chi connectivity index (χ0) is 16.3. The van der Waals surface area contributed by atoms with Gasteiger partial charge in [0.2, 0.25) is 0 Å². The third kappa shape index (κ3) is 5.83. The first-order valence-electron chi connectivity index (χ1n) is 6.81. The van der Waals surface area contributed by atoms with Crippen molar-refractivity contribution in [1.29, 1.82) is 0 Å². The van der Waals surface area contributed by atoms with Crippen LogP contribution in [0.3, 0.4) is 0 Å². The maximum Gasteiger partial charge on any atom is 0.573 e. The van der Waals surface area contributed by atoms with E-state index in [2.05, 4.69) is 4.74 Å². The Balaban J connectivity index is 2.81. The van der Waals surface area contributed by atoms with Crippen molar-refractivity contribution in [3.05, 3.63) is 24.3 Å². The molecule has 0 spiro atoms. The Morgan fingerprint density at radius 2 is 1.52 bits per heavy atom. The van der Waals surface area contributed by atoms with Gasteiger partial charge in [0, 0.05) is 11.5 Å². The van der Waals surface area contributed by atoms with Gasteiger partial charge in [-0.25, -0.2) is 0 Å². The first-order chi connectivity index (χ1) is 9.53. The summed E-state index contributed by atoms with van der Waals surface area (Å²) in [4.78, 5) is 0. The SMILES string of the molecule is CCC(N)C(Oc1ccc(OC(F)(F)F)cc1)C(C)(C)C. The molecule has 1 aromatic rings. The standard InChI is InChI=1S/C15H22F3NO2/c1-5-12(19)13(14(2,3)4)20-10-6-8-11(9-7-10)21-15(16,17)18/h6-9,12-13H,5,19H2,1-4H3. The third-order valence-electron chi connectivity index (χ3n) is 3.03. The molecule has 0 aliphatic heterocycles. The van der Waals surface area contributed by atoms with Gasteiger partial charge in [0.05, 0.1) is 0 Å². The Labute approximate surface area is 123 Å². The number of hydrogen-bond acceptors (Lipinski definition) is 3. The fraction of sp³-hybridized carbons (Fsp3) is 0.600. The molecule has 6 heteroatoms. The lowest BCUT2D eigenvalue weighted by Crippen LogP contribution is -2.47. The average molecular weight is 305 g/mol. The van der Waals surface area contributed by atoms with E-state index in [-0.39, 0.29) is 23.3 Å². The summed E-state index contributed by atoms with van der Waals surface area (Å²) in [5.41, 5.74) is 5.88.